The van der Waals surface area contributed by atoms with Gasteiger partial charge in [-0.25, -0.2) is 13.9 Å². The highest BCUT2D eigenvalue weighted by molar-refractivity contribution is 7.13. The van der Waals surface area contributed by atoms with E-state index in [1.807, 2.05) is 47.8 Å². The van der Waals surface area contributed by atoms with Crippen LogP contribution in [0, 0.1) is 5.82 Å². The number of carbonyl (C=O) groups excluding carboxylic acids is 2. The van der Waals surface area contributed by atoms with Crippen LogP contribution in [0.3, 0.4) is 0 Å². The van der Waals surface area contributed by atoms with Gasteiger partial charge in [-0.05, 0) is 48.2 Å². The van der Waals surface area contributed by atoms with Gasteiger partial charge >= 0.3 is 5.97 Å². The average Bonchev–Trinajstić information content (AvgIpc) is 3.50. The van der Waals surface area contributed by atoms with E-state index < -0.39 is 12.1 Å². The molecule has 0 bridgehead atoms. The zero-order valence-corrected chi connectivity index (χ0v) is 18.8. The number of rotatable bonds is 7. The van der Waals surface area contributed by atoms with Crippen LogP contribution in [0.4, 0.5) is 4.39 Å². The Morgan fingerprint density at radius 1 is 1.09 bits per heavy atom. The summed E-state index contributed by atoms with van der Waals surface area (Å²) in [5.41, 5.74) is 1.50. The minimum atomic E-state index is -1.02. The van der Waals surface area contributed by atoms with Crippen LogP contribution >= 0.6 is 11.3 Å². The van der Waals surface area contributed by atoms with Crippen molar-refractivity contribution >= 4 is 23.2 Å². The number of carbonyl (C=O) groups is 2. The van der Waals surface area contributed by atoms with E-state index in [1.165, 1.54) is 40.0 Å². The summed E-state index contributed by atoms with van der Waals surface area (Å²) in [5.74, 6) is -1.31. The SMILES string of the molecule is CC(OC(=O)c1nc(-c2cccs2)n(-c2ccc(F)cc2)n1)C(=O)N(C)Cc1ccccc1. The molecular formula is C24H21FN4O3S. The first-order chi connectivity index (χ1) is 15.9. The van der Waals surface area contributed by atoms with Gasteiger partial charge in [0.15, 0.2) is 11.9 Å². The molecule has 0 radical (unpaired) electrons. The van der Waals surface area contributed by atoms with E-state index in [-0.39, 0.29) is 17.5 Å². The molecule has 7 nitrogen and oxygen atoms in total. The van der Waals surface area contributed by atoms with E-state index in [0.29, 0.717) is 18.1 Å². The molecule has 168 valence electrons. The molecule has 0 aliphatic heterocycles. The Balaban J connectivity index is 1.52. The van der Waals surface area contributed by atoms with Gasteiger partial charge in [0.05, 0.1) is 10.6 Å². The molecule has 0 spiro atoms. The molecule has 2 aromatic carbocycles. The van der Waals surface area contributed by atoms with Crippen molar-refractivity contribution in [2.75, 3.05) is 7.05 Å². The molecule has 9 heteroatoms. The maximum atomic E-state index is 13.4. The number of hydrogen-bond acceptors (Lipinski definition) is 6. The van der Waals surface area contributed by atoms with Crippen molar-refractivity contribution in [3.63, 3.8) is 0 Å². The lowest BCUT2D eigenvalue weighted by Crippen LogP contribution is -2.37. The Morgan fingerprint density at radius 3 is 2.48 bits per heavy atom. The Labute approximate surface area is 194 Å². The van der Waals surface area contributed by atoms with Crippen LogP contribution in [0.1, 0.15) is 23.1 Å². The summed E-state index contributed by atoms with van der Waals surface area (Å²) in [6.45, 7) is 1.90. The maximum absolute atomic E-state index is 13.4. The fraction of sp³-hybridized carbons (Fsp3) is 0.167. The van der Waals surface area contributed by atoms with E-state index in [2.05, 4.69) is 10.1 Å². The van der Waals surface area contributed by atoms with Crippen molar-refractivity contribution in [3.05, 3.63) is 89.3 Å². The zero-order valence-electron chi connectivity index (χ0n) is 18.0. The molecule has 0 aliphatic carbocycles. The lowest BCUT2D eigenvalue weighted by molar-refractivity contribution is -0.139. The Morgan fingerprint density at radius 2 is 1.82 bits per heavy atom. The summed E-state index contributed by atoms with van der Waals surface area (Å²) in [6.07, 6.45) is -1.02. The monoisotopic (exact) mass is 464 g/mol. The first kappa shape index (κ1) is 22.3. The molecule has 0 aliphatic rings. The molecule has 0 saturated heterocycles. The van der Waals surface area contributed by atoms with Crippen LogP contribution in [0.15, 0.2) is 72.1 Å². The molecule has 4 aromatic rings. The highest BCUT2D eigenvalue weighted by Gasteiger charge is 2.26. The summed E-state index contributed by atoms with van der Waals surface area (Å²) in [6, 6.07) is 18.9. The number of hydrogen-bond donors (Lipinski definition) is 0. The summed E-state index contributed by atoms with van der Waals surface area (Å²) in [7, 11) is 1.65. The zero-order chi connectivity index (χ0) is 23.4. The van der Waals surface area contributed by atoms with Crippen LogP contribution in [0.5, 0.6) is 0 Å². The van der Waals surface area contributed by atoms with Crippen LogP contribution in [-0.4, -0.2) is 44.7 Å². The van der Waals surface area contributed by atoms with E-state index in [1.54, 1.807) is 19.2 Å². The second-order valence-corrected chi connectivity index (χ2v) is 8.30. The number of likely N-dealkylation sites (N-methyl/N-ethyl adjacent to an activating group) is 1. The summed E-state index contributed by atoms with van der Waals surface area (Å²) in [4.78, 5) is 32.1. The van der Waals surface area contributed by atoms with Crippen molar-refractivity contribution in [2.45, 2.75) is 19.6 Å². The highest BCUT2D eigenvalue weighted by atomic mass is 32.1. The molecule has 33 heavy (non-hydrogen) atoms. The van der Waals surface area contributed by atoms with Crippen molar-refractivity contribution in [2.24, 2.45) is 0 Å². The fourth-order valence-corrected chi connectivity index (χ4v) is 3.93. The topological polar surface area (TPSA) is 77.3 Å². The average molecular weight is 465 g/mol. The second kappa shape index (κ2) is 9.74. The van der Waals surface area contributed by atoms with Gasteiger partial charge in [-0.2, -0.15) is 4.98 Å². The van der Waals surface area contributed by atoms with Gasteiger partial charge in [-0.3, -0.25) is 4.79 Å². The van der Waals surface area contributed by atoms with Crippen LogP contribution < -0.4 is 0 Å². The predicted molar refractivity (Wildman–Crippen MR) is 122 cm³/mol. The van der Waals surface area contributed by atoms with Crippen molar-refractivity contribution in [3.8, 4) is 16.4 Å². The minimum Gasteiger partial charge on any atom is -0.447 e. The maximum Gasteiger partial charge on any atom is 0.379 e. The largest absolute Gasteiger partial charge is 0.447 e. The third-order valence-electron chi connectivity index (χ3n) is 4.87. The standard InChI is InChI=1S/C24H21FN4O3S/c1-16(23(30)28(2)15-17-7-4-3-5-8-17)32-24(31)21-26-22(20-9-6-14-33-20)29(27-21)19-12-10-18(25)11-13-19/h3-14,16H,15H2,1-2H3. The molecule has 0 N–H and O–H groups in total. The van der Waals surface area contributed by atoms with E-state index in [4.69, 9.17) is 4.74 Å². The number of nitrogens with zero attached hydrogens (tertiary/aromatic N) is 4. The first-order valence-electron chi connectivity index (χ1n) is 10.2. The number of ether oxygens (including phenoxy) is 1. The smallest absolute Gasteiger partial charge is 0.379 e. The van der Waals surface area contributed by atoms with Crippen LogP contribution in [0.25, 0.3) is 16.4 Å². The summed E-state index contributed by atoms with van der Waals surface area (Å²) >= 11 is 1.43. The molecule has 2 aromatic heterocycles. The fourth-order valence-electron chi connectivity index (χ4n) is 3.24. The van der Waals surface area contributed by atoms with Gasteiger partial charge in [-0.15, -0.1) is 16.4 Å². The molecule has 1 amide bonds. The van der Waals surface area contributed by atoms with Gasteiger partial charge in [0.2, 0.25) is 0 Å². The molecule has 2 heterocycles. The second-order valence-electron chi connectivity index (χ2n) is 7.35. The van der Waals surface area contributed by atoms with Crippen LogP contribution in [-0.2, 0) is 16.1 Å². The summed E-state index contributed by atoms with van der Waals surface area (Å²) < 4.78 is 20.2. The number of halogens is 1. The van der Waals surface area contributed by atoms with E-state index in [0.717, 1.165) is 10.4 Å². The van der Waals surface area contributed by atoms with Crippen LogP contribution in [0.2, 0.25) is 0 Å². The first-order valence-corrected chi connectivity index (χ1v) is 11.1. The van der Waals surface area contributed by atoms with Gasteiger partial charge in [0.1, 0.15) is 5.82 Å². The highest BCUT2D eigenvalue weighted by Crippen LogP contribution is 2.26. The van der Waals surface area contributed by atoms with Gasteiger partial charge in [0, 0.05) is 13.6 Å². The van der Waals surface area contributed by atoms with E-state index >= 15 is 0 Å². The third kappa shape index (κ3) is 5.15. The number of benzene rings is 2. The molecule has 4 rings (SSSR count). The molecule has 1 unspecified atom stereocenters. The molecule has 0 saturated carbocycles. The van der Waals surface area contributed by atoms with E-state index in [9.17, 15) is 14.0 Å². The lowest BCUT2D eigenvalue weighted by Gasteiger charge is -2.21. The number of thiophene rings is 1. The minimum absolute atomic E-state index is 0.187. The van der Waals surface area contributed by atoms with Gasteiger partial charge < -0.3 is 9.64 Å². The van der Waals surface area contributed by atoms with Crippen molar-refractivity contribution in [1.29, 1.82) is 0 Å². The summed E-state index contributed by atoms with van der Waals surface area (Å²) in [5, 5.41) is 6.16. The molecule has 1 atom stereocenters. The lowest BCUT2D eigenvalue weighted by atomic mass is 10.2. The Kier molecular flexibility index (Phi) is 6.60. The number of aromatic nitrogens is 3. The Hall–Kier alpha value is -3.85. The number of amides is 1. The van der Waals surface area contributed by atoms with Crippen molar-refractivity contribution in [1.82, 2.24) is 19.7 Å². The third-order valence-corrected chi connectivity index (χ3v) is 5.74. The van der Waals surface area contributed by atoms with Gasteiger partial charge in [0.25, 0.3) is 11.7 Å². The normalized spacial score (nSPS) is 11.7. The number of esters is 1. The predicted octanol–water partition coefficient (Wildman–Crippen LogP) is 4.34. The molecular weight excluding hydrogens is 443 g/mol. The Bertz CT molecular complexity index is 1240. The molecule has 0 fully saturated rings. The van der Waals surface area contributed by atoms with Gasteiger partial charge in [-0.1, -0.05) is 36.4 Å². The quantitative estimate of drug-likeness (QED) is 0.380. The van der Waals surface area contributed by atoms with Crippen molar-refractivity contribution < 1.29 is 18.7 Å².